The van der Waals surface area contributed by atoms with Crippen molar-refractivity contribution in [2.75, 3.05) is 17.3 Å². The Morgan fingerprint density at radius 1 is 1.40 bits per heavy atom. The summed E-state index contributed by atoms with van der Waals surface area (Å²) in [5, 5.41) is 2.58. The van der Waals surface area contributed by atoms with Gasteiger partial charge in [0, 0.05) is 25.4 Å². The predicted octanol–water partition coefficient (Wildman–Crippen LogP) is 0.505. The summed E-state index contributed by atoms with van der Waals surface area (Å²) in [6, 6.07) is 4.76. The molecule has 0 spiro atoms. The van der Waals surface area contributed by atoms with Crippen LogP contribution in [-0.4, -0.2) is 30.9 Å². The number of fused-ring (bicyclic) bond motifs is 1. The highest BCUT2D eigenvalue weighted by Crippen LogP contribution is 2.17. The Morgan fingerprint density at radius 3 is 2.75 bits per heavy atom. The molecular formula is C12H14N2O5S. The molecule has 0 saturated heterocycles. The van der Waals surface area contributed by atoms with Crippen molar-refractivity contribution in [1.82, 2.24) is 4.57 Å². The predicted molar refractivity (Wildman–Crippen MR) is 74.4 cm³/mol. The number of nitrogens with zero attached hydrogens (tertiary/aromatic N) is 1. The van der Waals surface area contributed by atoms with Crippen molar-refractivity contribution in [2.45, 2.75) is 6.42 Å². The monoisotopic (exact) mass is 298 g/mol. The zero-order chi connectivity index (χ0) is 14.9. The van der Waals surface area contributed by atoms with E-state index >= 15 is 0 Å². The number of oxazole rings is 1. The quantitative estimate of drug-likeness (QED) is 0.886. The summed E-state index contributed by atoms with van der Waals surface area (Å²) in [6.07, 6.45) is 0.967. The fourth-order valence-corrected chi connectivity index (χ4v) is 2.26. The van der Waals surface area contributed by atoms with Crippen LogP contribution in [0.15, 0.2) is 27.4 Å². The third-order valence-electron chi connectivity index (χ3n) is 2.78. The van der Waals surface area contributed by atoms with Gasteiger partial charge in [0.25, 0.3) is 0 Å². The van der Waals surface area contributed by atoms with Crippen LogP contribution in [0, 0.1) is 0 Å². The van der Waals surface area contributed by atoms with E-state index in [0.29, 0.717) is 16.8 Å². The number of anilines is 1. The van der Waals surface area contributed by atoms with E-state index in [4.69, 9.17) is 4.42 Å². The minimum absolute atomic E-state index is 0.110. The second kappa shape index (κ2) is 5.12. The smallest absolute Gasteiger partial charge is 0.408 e. The highest BCUT2D eigenvalue weighted by atomic mass is 32.2. The molecule has 1 aromatic carbocycles. The van der Waals surface area contributed by atoms with Crippen LogP contribution in [0.5, 0.6) is 0 Å². The molecule has 0 bridgehead atoms. The van der Waals surface area contributed by atoms with E-state index in [2.05, 4.69) is 5.32 Å². The van der Waals surface area contributed by atoms with Gasteiger partial charge in [0.15, 0.2) is 5.58 Å². The molecule has 20 heavy (non-hydrogen) atoms. The second-order valence-corrected chi connectivity index (χ2v) is 6.80. The van der Waals surface area contributed by atoms with Gasteiger partial charge in [-0.3, -0.25) is 9.36 Å². The topological polar surface area (TPSA) is 98.4 Å². The summed E-state index contributed by atoms with van der Waals surface area (Å²) in [7, 11) is -1.61. The van der Waals surface area contributed by atoms with Crippen LogP contribution in [-0.2, 0) is 21.7 Å². The number of aromatic nitrogens is 1. The number of aryl methyl sites for hydroxylation is 1. The summed E-state index contributed by atoms with van der Waals surface area (Å²) in [5.74, 6) is -1.09. The molecule has 1 aromatic heterocycles. The summed E-state index contributed by atoms with van der Waals surface area (Å²) in [4.78, 5) is 22.9. The second-order valence-electron chi connectivity index (χ2n) is 4.54. The Morgan fingerprint density at radius 2 is 2.10 bits per heavy atom. The fraction of sp³-hybridized carbons (Fsp3) is 0.333. The zero-order valence-electron chi connectivity index (χ0n) is 11.0. The highest BCUT2D eigenvalue weighted by Gasteiger charge is 2.10. The Hall–Kier alpha value is -2.09. The maximum atomic E-state index is 11.6. The number of rotatable bonds is 4. The van der Waals surface area contributed by atoms with Crippen molar-refractivity contribution in [2.24, 2.45) is 7.05 Å². The standard InChI is InChI=1S/C12H14N2O5S/c1-14-9-7-8(3-4-10(9)19-12(14)16)13-11(15)5-6-20(2,17)18/h3-4,7H,5-6H2,1-2H3,(H,13,15). The van der Waals surface area contributed by atoms with E-state index in [-0.39, 0.29) is 12.2 Å². The fourth-order valence-electron chi connectivity index (χ4n) is 1.71. The Bertz CT molecular complexity index is 816. The number of nitrogens with one attached hydrogen (secondary N) is 1. The minimum atomic E-state index is -3.17. The van der Waals surface area contributed by atoms with Crippen molar-refractivity contribution < 1.29 is 17.6 Å². The van der Waals surface area contributed by atoms with Gasteiger partial charge in [0.05, 0.1) is 11.3 Å². The number of sulfone groups is 1. The van der Waals surface area contributed by atoms with Gasteiger partial charge in [0.1, 0.15) is 9.84 Å². The molecule has 2 rings (SSSR count). The third-order valence-corrected chi connectivity index (χ3v) is 3.72. The summed E-state index contributed by atoms with van der Waals surface area (Å²) in [5.41, 5.74) is 1.45. The molecule has 1 amide bonds. The Balaban J connectivity index is 2.16. The highest BCUT2D eigenvalue weighted by molar-refractivity contribution is 7.90. The first-order chi connectivity index (χ1) is 9.26. The lowest BCUT2D eigenvalue weighted by Gasteiger charge is -2.04. The summed E-state index contributed by atoms with van der Waals surface area (Å²) < 4.78 is 28.2. The molecule has 0 aliphatic carbocycles. The molecule has 8 heteroatoms. The molecule has 1 heterocycles. The van der Waals surface area contributed by atoms with E-state index < -0.39 is 21.5 Å². The normalized spacial score (nSPS) is 11.7. The largest absolute Gasteiger partial charge is 0.419 e. The average Bonchev–Trinajstić information content (AvgIpc) is 2.63. The molecule has 1 N–H and O–H groups in total. The van der Waals surface area contributed by atoms with Crippen molar-refractivity contribution in [3.05, 3.63) is 28.7 Å². The average molecular weight is 298 g/mol. The number of carbonyl (C=O) groups excluding carboxylic acids is 1. The Kier molecular flexibility index (Phi) is 3.67. The van der Waals surface area contributed by atoms with Gasteiger partial charge in [-0.1, -0.05) is 0 Å². The molecule has 0 radical (unpaired) electrons. The lowest BCUT2D eigenvalue weighted by Crippen LogP contribution is -2.16. The lowest BCUT2D eigenvalue weighted by molar-refractivity contribution is -0.115. The van der Waals surface area contributed by atoms with Crippen LogP contribution in [0.25, 0.3) is 11.1 Å². The maximum Gasteiger partial charge on any atom is 0.419 e. The minimum Gasteiger partial charge on any atom is -0.408 e. The number of hydrogen-bond donors (Lipinski definition) is 1. The van der Waals surface area contributed by atoms with Crippen molar-refractivity contribution in [3.63, 3.8) is 0 Å². The van der Waals surface area contributed by atoms with Crippen LogP contribution in [0.4, 0.5) is 5.69 Å². The lowest BCUT2D eigenvalue weighted by atomic mass is 10.2. The molecule has 108 valence electrons. The van der Waals surface area contributed by atoms with E-state index in [0.717, 1.165) is 6.26 Å². The van der Waals surface area contributed by atoms with E-state index in [1.807, 2.05) is 0 Å². The first-order valence-corrected chi connectivity index (χ1v) is 7.89. The van der Waals surface area contributed by atoms with Gasteiger partial charge in [-0.15, -0.1) is 0 Å². The van der Waals surface area contributed by atoms with E-state index in [9.17, 15) is 18.0 Å². The molecule has 0 unspecified atom stereocenters. The first-order valence-electron chi connectivity index (χ1n) is 5.83. The molecule has 0 aliphatic heterocycles. The number of carbonyl (C=O) groups is 1. The summed E-state index contributed by atoms with van der Waals surface area (Å²) in [6.45, 7) is 0. The number of benzene rings is 1. The van der Waals surface area contributed by atoms with Crippen molar-refractivity contribution in [1.29, 1.82) is 0 Å². The molecular weight excluding hydrogens is 284 g/mol. The maximum absolute atomic E-state index is 11.6. The molecule has 0 fully saturated rings. The van der Waals surface area contributed by atoms with Gasteiger partial charge in [-0.05, 0) is 18.2 Å². The van der Waals surface area contributed by atoms with Gasteiger partial charge >= 0.3 is 5.76 Å². The van der Waals surface area contributed by atoms with Gasteiger partial charge in [-0.25, -0.2) is 13.2 Å². The van der Waals surface area contributed by atoms with Crippen LogP contribution in [0.3, 0.4) is 0 Å². The molecule has 0 aliphatic rings. The van der Waals surface area contributed by atoms with Crippen LogP contribution in [0.1, 0.15) is 6.42 Å². The van der Waals surface area contributed by atoms with E-state index in [1.165, 1.54) is 4.57 Å². The molecule has 0 atom stereocenters. The number of hydrogen-bond acceptors (Lipinski definition) is 5. The Labute approximate surface area is 115 Å². The van der Waals surface area contributed by atoms with Gasteiger partial charge in [0.2, 0.25) is 5.91 Å². The zero-order valence-corrected chi connectivity index (χ0v) is 11.9. The van der Waals surface area contributed by atoms with Crippen LogP contribution < -0.4 is 11.1 Å². The third kappa shape index (κ3) is 3.27. The van der Waals surface area contributed by atoms with Crippen molar-refractivity contribution in [3.8, 4) is 0 Å². The molecule has 7 nitrogen and oxygen atoms in total. The summed E-state index contributed by atoms with van der Waals surface area (Å²) >= 11 is 0. The van der Waals surface area contributed by atoms with Crippen molar-refractivity contribution >= 4 is 32.5 Å². The van der Waals surface area contributed by atoms with Crippen LogP contribution in [0.2, 0.25) is 0 Å². The van der Waals surface area contributed by atoms with Crippen LogP contribution >= 0.6 is 0 Å². The number of amides is 1. The van der Waals surface area contributed by atoms with E-state index in [1.54, 1.807) is 25.2 Å². The van der Waals surface area contributed by atoms with Gasteiger partial charge in [-0.2, -0.15) is 0 Å². The first kappa shape index (κ1) is 14.3. The molecule has 0 saturated carbocycles. The molecule has 2 aromatic rings. The van der Waals surface area contributed by atoms with Gasteiger partial charge < -0.3 is 9.73 Å². The SMILES string of the molecule is Cn1c(=O)oc2ccc(NC(=O)CCS(C)(=O)=O)cc21.